The average Bonchev–Trinajstić information content (AvgIpc) is 3.52. The Labute approximate surface area is 206 Å². The summed E-state index contributed by atoms with van der Waals surface area (Å²) in [7, 11) is 1.78. The Balaban J connectivity index is 0.00000289. The SMILES string of the molecule is CN=C(NCc1ccc(-n2ccnc2C)nc1)NCc1ccc(C)cc1OCC1CC1.I. The molecule has 7 nitrogen and oxygen atoms in total. The summed E-state index contributed by atoms with van der Waals surface area (Å²) in [6.45, 7) is 6.15. The van der Waals surface area contributed by atoms with Crippen LogP contribution in [-0.2, 0) is 13.1 Å². The molecule has 2 heterocycles. The smallest absolute Gasteiger partial charge is 0.191 e. The first kappa shape index (κ1) is 24.0. The zero-order chi connectivity index (χ0) is 21.6. The van der Waals surface area contributed by atoms with Crippen LogP contribution in [-0.4, -0.2) is 34.1 Å². The highest BCUT2D eigenvalue weighted by atomic mass is 127. The molecule has 4 rings (SSSR count). The zero-order valence-electron chi connectivity index (χ0n) is 18.8. The van der Waals surface area contributed by atoms with Crippen LogP contribution in [0, 0.1) is 19.8 Å². The standard InChI is InChI=1S/C24H30N6O.HI/c1-17-4-8-21(22(12-17)31-16-19-5-6-19)15-29-24(25-3)28-14-20-7-9-23(27-13-20)30-11-10-26-18(30)2;/h4,7-13,19H,5-6,14-16H2,1-3H3,(H2,25,28,29);1H. The molecule has 0 amide bonds. The van der Waals surface area contributed by atoms with E-state index in [2.05, 4.69) is 56.8 Å². The predicted octanol–water partition coefficient (Wildman–Crippen LogP) is 4.16. The van der Waals surface area contributed by atoms with E-state index in [9.17, 15) is 0 Å². The molecule has 170 valence electrons. The Morgan fingerprint density at radius 2 is 1.94 bits per heavy atom. The summed E-state index contributed by atoms with van der Waals surface area (Å²) in [6.07, 6.45) is 8.13. The third kappa shape index (κ3) is 6.44. The number of hydrogen-bond donors (Lipinski definition) is 2. The van der Waals surface area contributed by atoms with Crippen LogP contribution in [0.1, 0.15) is 35.4 Å². The van der Waals surface area contributed by atoms with Gasteiger partial charge in [0, 0.05) is 44.3 Å². The van der Waals surface area contributed by atoms with Gasteiger partial charge in [-0.05, 0) is 55.9 Å². The molecule has 2 aromatic heterocycles. The van der Waals surface area contributed by atoms with E-state index in [4.69, 9.17) is 4.74 Å². The summed E-state index contributed by atoms with van der Waals surface area (Å²) < 4.78 is 8.03. The predicted molar refractivity (Wildman–Crippen MR) is 138 cm³/mol. The molecule has 0 spiro atoms. The molecule has 1 aliphatic carbocycles. The Kier molecular flexibility index (Phi) is 8.49. The molecular weight excluding hydrogens is 515 g/mol. The summed E-state index contributed by atoms with van der Waals surface area (Å²) in [5, 5.41) is 6.74. The van der Waals surface area contributed by atoms with Crippen molar-refractivity contribution in [3.63, 3.8) is 0 Å². The van der Waals surface area contributed by atoms with Gasteiger partial charge in [0.2, 0.25) is 0 Å². The quantitative estimate of drug-likeness (QED) is 0.252. The third-order valence-corrected chi connectivity index (χ3v) is 5.41. The number of rotatable bonds is 8. The highest BCUT2D eigenvalue weighted by Crippen LogP contribution is 2.30. The molecule has 0 atom stereocenters. The molecule has 0 saturated heterocycles. The number of aryl methyl sites for hydroxylation is 2. The normalized spacial score (nSPS) is 13.4. The van der Waals surface area contributed by atoms with Crippen molar-refractivity contribution >= 4 is 29.9 Å². The van der Waals surface area contributed by atoms with Crippen molar-refractivity contribution in [2.75, 3.05) is 13.7 Å². The fourth-order valence-electron chi connectivity index (χ4n) is 3.30. The summed E-state index contributed by atoms with van der Waals surface area (Å²) >= 11 is 0. The fraction of sp³-hybridized carbons (Fsp3) is 0.375. The second kappa shape index (κ2) is 11.3. The van der Waals surface area contributed by atoms with Crippen LogP contribution in [0.15, 0.2) is 53.9 Å². The van der Waals surface area contributed by atoms with E-state index >= 15 is 0 Å². The Hall–Kier alpha value is -2.62. The largest absolute Gasteiger partial charge is 0.493 e. The van der Waals surface area contributed by atoms with E-state index in [1.807, 2.05) is 30.0 Å². The van der Waals surface area contributed by atoms with Crippen LogP contribution < -0.4 is 15.4 Å². The van der Waals surface area contributed by atoms with Gasteiger partial charge in [0.25, 0.3) is 0 Å². The van der Waals surface area contributed by atoms with Crippen molar-refractivity contribution in [1.82, 2.24) is 25.2 Å². The van der Waals surface area contributed by atoms with Gasteiger partial charge < -0.3 is 15.4 Å². The number of guanidine groups is 1. The minimum absolute atomic E-state index is 0. The van der Waals surface area contributed by atoms with Crippen LogP contribution in [0.5, 0.6) is 5.75 Å². The molecule has 3 aromatic rings. The molecule has 0 unspecified atom stereocenters. The maximum absolute atomic E-state index is 6.07. The Bertz CT molecular complexity index is 1040. The highest BCUT2D eigenvalue weighted by Gasteiger charge is 2.22. The van der Waals surface area contributed by atoms with Gasteiger partial charge in [0.1, 0.15) is 17.4 Å². The molecule has 0 bridgehead atoms. The summed E-state index contributed by atoms with van der Waals surface area (Å²) in [5.74, 6) is 4.21. The lowest BCUT2D eigenvalue weighted by Crippen LogP contribution is -2.36. The number of nitrogens with one attached hydrogen (secondary N) is 2. The van der Waals surface area contributed by atoms with Crippen molar-refractivity contribution in [3.8, 4) is 11.6 Å². The van der Waals surface area contributed by atoms with E-state index < -0.39 is 0 Å². The van der Waals surface area contributed by atoms with Crippen LogP contribution in [0.2, 0.25) is 0 Å². The first-order chi connectivity index (χ1) is 15.1. The first-order valence-corrected chi connectivity index (χ1v) is 10.7. The summed E-state index contributed by atoms with van der Waals surface area (Å²) in [6, 6.07) is 10.4. The Morgan fingerprint density at radius 3 is 2.59 bits per heavy atom. The first-order valence-electron chi connectivity index (χ1n) is 10.7. The molecule has 1 aliphatic rings. The maximum atomic E-state index is 6.07. The second-order valence-electron chi connectivity index (χ2n) is 8.01. The van der Waals surface area contributed by atoms with Gasteiger partial charge in [-0.1, -0.05) is 18.2 Å². The minimum atomic E-state index is 0. The van der Waals surface area contributed by atoms with Gasteiger partial charge in [0.05, 0.1) is 6.61 Å². The second-order valence-corrected chi connectivity index (χ2v) is 8.01. The van der Waals surface area contributed by atoms with Crippen molar-refractivity contribution in [2.24, 2.45) is 10.9 Å². The van der Waals surface area contributed by atoms with E-state index in [0.29, 0.717) is 13.1 Å². The number of imidazole rings is 1. The lowest BCUT2D eigenvalue weighted by atomic mass is 10.1. The number of aromatic nitrogens is 3. The van der Waals surface area contributed by atoms with E-state index in [0.717, 1.165) is 47.0 Å². The van der Waals surface area contributed by atoms with Crippen LogP contribution in [0.3, 0.4) is 0 Å². The van der Waals surface area contributed by atoms with Gasteiger partial charge in [-0.25, -0.2) is 9.97 Å². The summed E-state index contributed by atoms with van der Waals surface area (Å²) in [4.78, 5) is 13.1. The number of benzene rings is 1. The van der Waals surface area contributed by atoms with Gasteiger partial charge in [-0.2, -0.15) is 0 Å². The number of ether oxygens (including phenoxy) is 1. The lowest BCUT2D eigenvalue weighted by molar-refractivity contribution is 0.296. The van der Waals surface area contributed by atoms with E-state index in [1.54, 1.807) is 13.2 Å². The van der Waals surface area contributed by atoms with Gasteiger partial charge in [-0.15, -0.1) is 24.0 Å². The Morgan fingerprint density at radius 1 is 1.12 bits per heavy atom. The number of aliphatic imine (C=N–C) groups is 1. The number of nitrogens with zero attached hydrogens (tertiary/aromatic N) is 4. The summed E-state index contributed by atoms with van der Waals surface area (Å²) in [5.41, 5.74) is 3.42. The van der Waals surface area contributed by atoms with Crippen LogP contribution in [0.4, 0.5) is 0 Å². The van der Waals surface area contributed by atoms with Gasteiger partial charge >= 0.3 is 0 Å². The van der Waals surface area contributed by atoms with Crippen LogP contribution in [0.25, 0.3) is 5.82 Å². The maximum Gasteiger partial charge on any atom is 0.191 e. The van der Waals surface area contributed by atoms with Crippen LogP contribution >= 0.6 is 24.0 Å². The minimum Gasteiger partial charge on any atom is -0.493 e. The molecular formula is C24H31IN6O. The van der Waals surface area contributed by atoms with Crippen molar-refractivity contribution in [1.29, 1.82) is 0 Å². The molecule has 0 radical (unpaired) electrons. The molecule has 1 fully saturated rings. The number of pyridine rings is 1. The zero-order valence-corrected chi connectivity index (χ0v) is 21.2. The number of hydrogen-bond acceptors (Lipinski definition) is 4. The lowest BCUT2D eigenvalue weighted by Gasteiger charge is -2.15. The average molecular weight is 546 g/mol. The van der Waals surface area contributed by atoms with E-state index in [1.165, 1.54) is 18.4 Å². The molecule has 1 saturated carbocycles. The van der Waals surface area contributed by atoms with Gasteiger partial charge in [-0.3, -0.25) is 9.56 Å². The van der Waals surface area contributed by atoms with Crippen molar-refractivity contribution in [2.45, 2.75) is 39.8 Å². The molecule has 0 aliphatic heterocycles. The molecule has 1 aromatic carbocycles. The van der Waals surface area contributed by atoms with Crippen molar-refractivity contribution in [3.05, 3.63) is 71.4 Å². The highest BCUT2D eigenvalue weighted by molar-refractivity contribution is 14.0. The van der Waals surface area contributed by atoms with Gasteiger partial charge in [0.15, 0.2) is 5.96 Å². The molecule has 8 heteroatoms. The fourth-order valence-corrected chi connectivity index (χ4v) is 3.30. The molecule has 2 N–H and O–H groups in total. The van der Waals surface area contributed by atoms with E-state index in [-0.39, 0.29) is 24.0 Å². The topological polar surface area (TPSA) is 76.4 Å². The monoisotopic (exact) mass is 546 g/mol. The van der Waals surface area contributed by atoms with Crippen molar-refractivity contribution < 1.29 is 4.74 Å². The molecule has 32 heavy (non-hydrogen) atoms. The number of halogens is 1. The third-order valence-electron chi connectivity index (χ3n) is 5.41.